The minimum atomic E-state index is -0.544. The lowest BCUT2D eigenvalue weighted by molar-refractivity contribution is -0.126. The Morgan fingerprint density at radius 2 is 2.03 bits per heavy atom. The Kier molecular flexibility index (Phi) is 6.08. The number of amides is 2. The summed E-state index contributed by atoms with van der Waals surface area (Å²) in [5.74, 6) is -0.497. The van der Waals surface area contributed by atoms with E-state index in [1.807, 2.05) is 42.1 Å². The van der Waals surface area contributed by atoms with Gasteiger partial charge in [0.2, 0.25) is 11.8 Å². The molecule has 0 spiro atoms. The van der Waals surface area contributed by atoms with Crippen molar-refractivity contribution < 1.29 is 14.0 Å². The molecule has 4 rings (SSSR count). The highest BCUT2D eigenvalue weighted by Gasteiger charge is 2.36. The molecule has 3 aromatic rings. The molecule has 0 radical (unpaired) electrons. The minimum absolute atomic E-state index is 0.0753. The molecule has 160 valence electrons. The van der Waals surface area contributed by atoms with Gasteiger partial charge in [0, 0.05) is 43.0 Å². The van der Waals surface area contributed by atoms with Crippen molar-refractivity contribution in [2.75, 3.05) is 17.7 Å². The summed E-state index contributed by atoms with van der Waals surface area (Å²) in [6.45, 7) is 0.319. The molecule has 6 nitrogen and oxygen atoms in total. The Morgan fingerprint density at radius 1 is 1.26 bits per heavy atom. The van der Waals surface area contributed by atoms with Crippen LogP contribution in [0.25, 0.3) is 0 Å². The van der Waals surface area contributed by atoms with Crippen molar-refractivity contribution in [3.63, 3.8) is 0 Å². The molecule has 1 aliphatic heterocycles. The topological polar surface area (TPSA) is 67.2 Å². The number of hydrogen-bond acceptors (Lipinski definition) is 4. The average molecular weight is 439 g/mol. The number of thioether (sulfide) groups is 1. The fourth-order valence-electron chi connectivity index (χ4n) is 3.78. The molecule has 1 fully saturated rings. The first-order valence-electron chi connectivity index (χ1n) is 9.93. The van der Waals surface area contributed by atoms with Gasteiger partial charge in [-0.15, -0.1) is 11.8 Å². The van der Waals surface area contributed by atoms with Crippen LogP contribution in [0.1, 0.15) is 23.9 Å². The summed E-state index contributed by atoms with van der Waals surface area (Å²) in [7, 11) is 1.84. The van der Waals surface area contributed by atoms with Crippen molar-refractivity contribution in [3.05, 3.63) is 78.1 Å². The Balaban J connectivity index is 1.54. The second-order valence-corrected chi connectivity index (χ2v) is 8.38. The maximum absolute atomic E-state index is 13.4. The number of aromatic nitrogens is 2. The van der Waals surface area contributed by atoms with Gasteiger partial charge in [0.25, 0.3) is 0 Å². The number of nitrogens with zero attached hydrogens (tertiary/aromatic N) is 3. The van der Waals surface area contributed by atoms with E-state index in [-0.39, 0.29) is 24.1 Å². The summed E-state index contributed by atoms with van der Waals surface area (Å²) in [4.78, 5) is 32.9. The SMILES string of the molecule is CSc1cccc(N2CC(C(=O)NC(c3ccc(F)cc3)c3nccn3C)CC2=O)c1. The van der Waals surface area contributed by atoms with Crippen molar-refractivity contribution in [1.82, 2.24) is 14.9 Å². The van der Waals surface area contributed by atoms with Crippen LogP contribution in [0.2, 0.25) is 0 Å². The first kappa shape index (κ1) is 21.1. The zero-order chi connectivity index (χ0) is 22.0. The third-order valence-electron chi connectivity index (χ3n) is 5.47. The molecule has 2 amide bonds. The molecule has 2 unspecified atom stereocenters. The zero-order valence-electron chi connectivity index (χ0n) is 17.3. The molecule has 1 saturated heterocycles. The quantitative estimate of drug-likeness (QED) is 0.598. The molecule has 2 atom stereocenters. The highest BCUT2D eigenvalue weighted by Crippen LogP contribution is 2.29. The Hall–Kier alpha value is -3.13. The average Bonchev–Trinajstić information content (AvgIpc) is 3.38. The van der Waals surface area contributed by atoms with E-state index in [9.17, 15) is 14.0 Å². The molecule has 2 heterocycles. The first-order chi connectivity index (χ1) is 15.0. The monoisotopic (exact) mass is 438 g/mol. The van der Waals surface area contributed by atoms with Crippen LogP contribution >= 0.6 is 11.8 Å². The number of hydrogen-bond donors (Lipinski definition) is 1. The van der Waals surface area contributed by atoms with E-state index < -0.39 is 12.0 Å². The van der Waals surface area contributed by atoms with Crippen LogP contribution in [0.4, 0.5) is 10.1 Å². The third kappa shape index (κ3) is 4.49. The zero-order valence-corrected chi connectivity index (χ0v) is 18.1. The molecule has 1 aromatic heterocycles. The van der Waals surface area contributed by atoms with Gasteiger partial charge in [-0.2, -0.15) is 0 Å². The van der Waals surface area contributed by atoms with Crippen LogP contribution in [0.3, 0.4) is 0 Å². The van der Waals surface area contributed by atoms with E-state index in [1.165, 1.54) is 12.1 Å². The van der Waals surface area contributed by atoms with Crippen molar-refractivity contribution in [1.29, 1.82) is 0 Å². The van der Waals surface area contributed by atoms with E-state index in [2.05, 4.69) is 10.3 Å². The van der Waals surface area contributed by atoms with Gasteiger partial charge in [-0.1, -0.05) is 18.2 Å². The molecule has 0 aliphatic carbocycles. The lowest BCUT2D eigenvalue weighted by atomic mass is 10.0. The molecular weight excluding hydrogens is 415 g/mol. The van der Waals surface area contributed by atoms with Gasteiger partial charge in [-0.05, 0) is 42.2 Å². The molecular formula is C23H23FN4O2S. The normalized spacial score (nSPS) is 17.1. The third-order valence-corrected chi connectivity index (χ3v) is 6.19. The van der Waals surface area contributed by atoms with Gasteiger partial charge < -0.3 is 14.8 Å². The van der Waals surface area contributed by atoms with E-state index in [0.29, 0.717) is 12.4 Å². The van der Waals surface area contributed by atoms with Crippen LogP contribution in [0.5, 0.6) is 0 Å². The number of rotatable bonds is 6. The molecule has 31 heavy (non-hydrogen) atoms. The van der Waals surface area contributed by atoms with E-state index in [1.54, 1.807) is 41.2 Å². The smallest absolute Gasteiger partial charge is 0.227 e. The highest BCUT2D eigenvalue weighted by molar-refractivity contribution is 7.98. The fraction of sp³-hybridized carbons (Fsp3) is 0.261. The standard InChI is InChI=1S/C23H23FN4O2S/c1-27-11-10-25-22(27)21(15-6-8-17(24)9-7-15)26-23(30)16-12-20(29)28(14-16)18-4-3-5-19(13-18)31-2/h3-11,13,16,21H,12,14H2,1-2H3,(H,26,30). The van der Waals surface area contributed by atoms with Crippen LogP contribution in [-0.4, -0.2) is 34.2 Å². The Morgan fingerprint density at radius 3 is 2.71 bits per heavy atom. The fourth-order valence-corrected chi connectivity index (χ4v) is 4.23. The van der Waals surface area contributed by atoms with Crippen molar-refractivity contribution in [2.45, 2.75) is 17.4 Å². The van der Waals surface area contributed by atoms with Crippen LogP contribution in [-0.2, 0) is 16.6 Å². The number of anilines is 1. The van der Waals surface area contributed by atoms with E-state index in [0.717, 1.165) is 16.1 Å². The number of benzene rings is 2. The van der Waals surface area contributed by atoms with E-state index in [4.69, 9.17) is 0 Å². The molecule has 0 bridgehead atoms. The second-order valence-electron chi connectivity index (χ2n) is 7.50. The van der Waals surface area contributed by atoms with Crippen molar-refractivity contribution >= 4 is 29.3 Å². The van der Waals surface area contributed by atoms with E-state index >= 15 is 0 Å². The van der Waals surface area contributed by atoms with Gasteiger partial charge in [0.05, 0.1) is 5.92 Å². The van der Waals surface area contributed by atoms with Gasteiger partial charge in [-0.3, -0.25) is 9.59 Å². The van der Waals surface area contributed by atoms with Crippen LogP contribution in [0, 0.1) is 11.7 Å². The first-order valence-corrected chi connectivity index (χ1v) is 11.2. The largest absolute Gasteiger partial charge is 0.342 e. The summed E-state index contributed by atoms with van der Waals surface area (Å²) in [5.41, 5.74) is 1.52. The summed E-state index contributed by atoms with van der Waals surface area (Å²) in [5, 5.41) is 3.03. The molecule has 2 aromatic carbocycles. The lowest BCUT2D eigenvalue weighted by Gasteiger charge is -2.21. The van der Waals surface area contributed by atoms with Gasteiger partial charge >= 0.3 is 0 Å². The number of carbonyl (C=O) groups is 2. The Labute approximate surface area is 184 Å². The summed E-state index contributed by atoms with van der Waals surface area (Å²) in [6.07, 6.45) is 5.57. The summed E-state index contributed by atoms with van der Waals surface area (Å²) in [6, 6.07) is 13.2. The number of halogens is 1. The molecule has 1 aliphatic rings. The number of carbonyl (C=O) groups excluding carboxylic acids is 2. The molecule has 1 N–H and O–H groups in total. The second kappa shape index (κ2) is 8.93. The molecule has 8 heteroatoms. The van der Waals surface area contributed by atoms with Gasteiger partial charge in [0.15, 0.2) is 0 Å². The van der Waals surface area contributed by atoms with Gasteiger partial charge in [-0.25, -0.2) is 9.37 Å². The van der Waals surface area contributed by atoms with Crippen LogP contribution < -0.4 is 10.2 Å². The summed E-state index contributed by atoms with van der Waals surface area (Å²) >= 11 is 1.60. The Bertz CT molecular complexity index is 1100. The number of aryl methyl sites for hydroxylation is 1. The lowest BCUT2D eigenvalue weighted by Crippen LogP contribution is -2.37. The number of nitrogens with one attached hydrogen (secondary N) is 1. The predicted molar refractivity (Wildman–Crippen MR) is 118 cm³/mol. The maximum Gasteiger partial charge on any atom is 0.227 e. The maximum atomic E-state index is 13.4. The molecule has 0 saturated carbocycles. The van der Waals surface area contributed by atoms with Crippen LogP contribution in [0.15, 0.2) is 65.8 Å². The van der Waals surface area contributed by atoms with Gasteiger partial charge in [0.1, 0.15) is 17.7 Å². The summed E-state index contributed by atoms with van der Waals surface area (Å²) < 4.78 is 15.2. The predicted octanol–water partition coefficient (Wildman–Crippen LogP) is 3.54. The highest BCUT2D eigenvalue weighted by atomic mass is 32.2. The van der Waals surface area contributed by atoms with Crippen molar-refractivity contribution in [2.24, 2.45) is 13.0 Å². The van der Waals surface area contributed by atoms with Crippen molar-refractivity contribution in [3.8, 4) is 0 Å². The number of imidazole rings is 1. The minimum Gasteiger partial charge on any atom is -0.342 e.